The van der Waals surface area contributed by atoms with Crippen LogP contribution in [0.25, 0.3) is 16.5 Å². The minimum absolute atomic E-state index is 0.0965. The van der Waals surface area contributed by atoms with Crippen molar-refractivity contribution in [3.8, 4) is 0 Å². The SMILES string of the molecule is [N-]=[N+]=Nc1ccc(/C=C\C(=O)c2ccc(Cl)cc2)cc1. The number of allylic oxidation sites excluding steroid dienone is 1. The van der Waals surface area contributed by atoms with Crippen molar-refractivity contribution < 1.29 is 4.79 Å². The van der Waals surface area contributed by atoms with E-state index in [4.69, 9.17) is 17.1 Å². The van der Waals surface area contributed by atoms with Crippen molar-refractivity contribution in [1.82, 2.24) is 0 Å². The number of hydrogen-bond acceptors (Lipinski definition) is 2. The lowest BCUT2D eigenvalue weighted by molar-refractivity contribution is 0.104. The van der Waals surface area contributed by atoms with E-state index in [1.807, 2.05) is 0 Å². The normalized spacial score (nSPS) is 10.2. The van der Waals surface area contributed by atoms with Crippen LogP contribution >= 0.6 is 11.6 Å². The molecule has 4 nitrogen and oxygen atoms in total. The van der Waals surface area contributed by atoms with Gasteiger partial charge in [0.25, 0.3) is 0 Å². The molecule has 0 radical (unpaired) electrons. The number of benzene rings is 2. The Hall–Kier alpha value is -2.55. The van der Waals surface area contributed by atoms with E-state index in [1.54, 1.807) is 54.6 Å². The third kappa shape index (κ3) is 3.72. The Balaban J connectivity index is 2.10. The zero-order valence-electron chi connectivity index (χ0n) is 10.4. The molecule has 0 aliphatic rings. The Morgan fingerprint density at radius 3 is 2.35 bits per heavy atom. The van der Waals surface area contributed by atoms with Gasteiger partial charge in [0, 0.05) is 21.2 Å². The van der Waals surface area contributed by atoms with Gasteiger partial charge >= 0.3 is 0 Å². The second-order valence-corrected chi connectivity index (χ2v) is 4.42. The molecule has 0 aliphatic carbocycles. The first kappa shape index (κ1) is 13.9. The van der Waals surface area contributed by atoms with Gasteiger partial charge in [0.1, 0.15) is 0 Å². The summed E-state index contributed by atoms with van der Waals surface area (Å²) in [5, 5.41) is 4.07. The summed E-state index contributed by atoms with van der Waals surface area (Å²) >= 11 is 5.77. The number of rotatable bonds is 4. The fourth-order valence-corrected chi connectivity index (χ4v) is 1.71. The minimum Gasteiger partial charge on any atom is -0.289 e. The van der Waals surface area contributed by atoms with Crippen molar-refractivity contribution in [3.05, 3.63) is 81.2 Å². The molecule has 98 valence electrons. The van der Waals surface area contributed by atoms with Gasteiger partial charge in [-0.05, 0) is 41.4 Å². The largest absolute Gasteiger partial charge is 0.289 e. The first-order chi connectivity index (χ1) is 9.69. The van der Waals surface area contributed by atoms with Crippen LogP contribution in [-0.4, -0.2) is 5.78 Å². The summed E-state index contributed by atoms with van der Waals surface area (Å²) in [5.41, 5.74) is 10.3. The molecule has 0 heterocycles. The molecule has 0 saturated heterocycles. The molecule has 0 N–H and O–H groups in total. The predicted molar refractivity (Wildman–Crippen MR) is 80.1 cm³/mol. The van der Waals surface area contributed by atoms with Gasteiger partial charge in [0.05, 0.1) is 0 Å². The van der Waals surface area contributed by atoms with Crippen LogP contribution in [0.5, 0.6) is 0 Å². The van der Waals surface area contributed by atoms with Gasteiger partial charge in [-0.15, -0.1) is 0 Å². The number of nitrogens with zero attached hydrogens (tertiary/aromatic N) is 3. The van der Waals surface area contributed by atoms with Gasteiger partial charge in [-0.1, -0.05) is 47.1 Å². The third-order valence-corrected chi connectivity index (χ3v) is 2.86. The minimum atomic E-state index is -0.0965. The maximum absolute atomic E-state index is 11.9. The van der Waals surface area contributed by atoms with Crippen LogP contribution in [0.2, 0.25) is 5.02 Å². The van der Waals surface area contributed by atoms with E-state index in [1.165, 1.54) is 6.08 Å². The summed E-state index contributed by atoms with van der Waals surface area (Å²) in [6.45, 7) is 0. The highest BCUT2D eigenvalue weighted by Gasteiger charge is 2.00. The summed E-state index contributed by atoms with van der Waals surface area (Å²) in [6, 6.07) is 13.6. The molecule has 2 aromatic carbocycles. The molecule has 0 bridgehead atoms. The number of carbonyl (C=O) groups is 1. The quantitative estimate of drug-likeness (QED) is 0.251. The first-order valence-electron chi connectivity index (χ1n) is 5.82. The standard InChI is InChI=1S/C15H10ClN3O/c16-13-6-4-12(5-7-13)15(20)10-3-11-1-8-14(9-2-11)18-19-17/h1-10H/b10-3-. The summed E-state index contributed by atoms with van der Waals surface area (Å²) in [4.78, 5) is 14.6. The van der Waals surface area contributed by atoms with E-state index in [9.17, 15) is 4.79 Å². The molecule has 0 fully saturated rings. The van der Waals surface area contributed by atoms with E-state index >= 15 is 0 Å². The molecule has 0 atom stereocenters. The highest BCUT2D eigenvalue weighted by molar-refractivity contribution is 6.30. The van der Waals surface area contributed by atoms with Crippen LogP contribution in [0, 0.1) is 0 Å². The van der Waals surface area contributed by atoms with E-state index in [-0.39, 0.29) is 5.78 Å². The van der Waals surface area contributed by atoms with Crippen LogP contribution in [-0.2, 0) is 0 Å². The lowest BCUT2D eigenvalue weighted by Gasteiger charge is -1.97. The average Bonchev–Trinajstić information content (AvgIpc) is 2.47. The van der Waals surface area contributed by atoms with Crippen molar-refractivity contribution in [1.29, 1.82) is 0 Å². The van der Waals surface area contributed by atoms with Crippen LogP contribution in [0.15, 0.2) is 59.7 Å². The van der Waals surface area contributed by atoms with Crippen molar-refractivity contribution in [2.24, 2.45) is 5.11 Å². The van der Waals surface area contributed by atoms with Crippen molar-refractivity contribution in [3.63, 3.8) is 0 Å². The molecule has 0 aliphatic heterocycles. The molecule has 0 amide bonds. The van der Waals surface area contributed by atoms with Crippen LogP contribution < -0.4 is 0 Å². The molecule has 0 saturated carbocycles. The molecule has 2 aromatic rings. The number of ketones is 1. The number of halogens is 1. The second kappa shape index (κ2) is 6.57. The Kier molecular flexibility index (Phi) is 4.56. The van der Waals surface area contributed by atoms with E-state index in [0.29, 0.717) is 16.3 Å². The summed E-state index contributed by atoms with van der Waals surface area (Å²) in [7, 11) is 0. The Morgan fingerprint density at radius 2 is 1.75 bits per heavy atom. The Bertz CT molecular complexity index is 684. The van der Waals surface area contributed by atoms with Crippen molar-refractivity contribution >= 4 is 29.1 Å². The van der Waals surface area contributed by atoms with E-state index in [0.717, 1.165) is 5.56 Å². The molecular weight excluding hydrogens is 274 g/mol. The van der Waals surface area contributed by atoms with Crippen LogP contribution in [0.4, 0.5) is 5.69 Å². The first-order valence-corrected chi connectivity index (χ1v) is 6.20. The summed E-state index contributed by atoms with van der Waals surface area (Å²) < 4.78 is 0. The zero-order valence-corrected chi connectivity index (χ0v) is 11.2. The number of carbonyl (C=O) groups excluding carboxylic acids is 1. The fraction of sp³-hybridized carbons (Fsp3) is 0. The molecule has 2 rings (SSSR count). The lowest BCUT2D eigenvalue weighted by atomic mass is 10.1. The van der Waals surface area contributed by atoms with Crippen molar-refractivity contribution in [2.75, 3.05) is 0 Å². The van der Waals surface area contributed by atoms with Crippen LogP contribution in [0.3, 0.4) is 0 Å². The van der Waals surface area contributed by atoms with Gasteiger partial charge < -0.3 is 0 Å². The molecule has 5 heteroatoms. The number of hydrogen-bond donors (Lipinski definition) is 0. The monoisotopic (exact) mass is 283 g/mol. The van der Waals surface area contributed by atoms with E-state index in [2.05, 4.69) is 10.0 Å². The number of azide groups is 1. The van der Waals surface area contributed by atoms with Gasteiger partial charge in [-0.2, -0.15) is 0 Å². The molecule has 0 aromatic heterocycles. The smallest absolute Gasteiger partial charge is 0.185 e. The van der Waals surface area contributed by atoms with Crippen molar-refractivity contribution in [2.45, 2.75) is 0 Å². The van der Waals surface area contributed by atoms with Gasteiger partial charge in [-0.25, -0.2) is 0 Å². The highest BCUT2D eigenvalue weighted by atomic mass is 35.5. The maximum Gasteiger partial charge on any atom is 0.185 e. The fourth-order valence-electron chi connectivity index (χ4n) is 1.59. The predicted octanol–water partition coefficient (Wildman–Crippen LogP) is 5.18. The molecular formula is C15H10ClN3O. The van der Waals surface area contributed by atoms with E-state index < -0.39 is 0 Å². The second-order valence-electron chi connectivity index (χ2n) is 3.99. The summed E-state index contributed by atoms with van der Waals surface area (Å²) in [6.07, 6.45) is 3.20. The zero-order chi connectivity index (χ0) is 14.4. The molecule has 20 heavy (non-hydrogen) atoms. The third-order valence-electron chi connectivity index (χ3n) is 2.61. The molecule has 0 spiro atoms. The Labute approximate surface area is 120 Å². The lowest BCUT2D eigenvalue weighted by Crippen LogP contribution is -1.92. The average molecular weight is 284 g/mol. The summed E-state index contributed by atoms with van der Waals surface area (Å²) in [5.74, 6) is -0.0965. The van der Waals surface area contributed by atoms with Gasteiger partial charge in [-0.3, -0.25) is 4.79 Å². The van der Waals surface area contributed by atoms with Gasteiger partial charge in [0.2, 0.25) is 0 Å². The van der Waals surface area contributed by atoms with Crippen LogP contribution in [0.1, 0.15) is 15.9 Å². The van der Waals surface area contributed by atoms with Gasteiger partial charge in [0.15, 0.2) is 5.78 Å². The Morgan fingerprint density at radius 1 is 1.10 bits per heavy atom. The topological polar surface area (TPSA) is 65.8 Å². The molecule has 0 unspecified atom stereocenters. The highest BCUT2D eigenvalue weighted by Crippen LogP contribution is 2.15. The maximum atomic E-state index is 11.9.